The van der Waals surface area contributed by atoms with E-state index in [2.05, 4.69) is 94.7 Å². The second-order valence-electron chi connectivity index (χ2n) is 9.40. The van der Waals surface area contributed by atoms with Crippen molar-refractivity contribution in [2.45, 2.75) is 0 Å². The second kappa shape index (κ2) is 11.7. The third-order valence-electron chi connectivity index (χ3n) is 6.75. The molecule has 6 aromatic rings. The molecular formula is C36H26Cl2N2. The van der Waals surface area contributed by atoms with Crippen molar-refractivity contribution in [1.29, 1.82) is 0 Å². The highest BCUT2D eigenvalue weighted by Gasteiger charge is 2.14. The maximum absolute atomic E-state index is 6.35. The Kier molecular flexibility index (Phi) is 7.54. The molecule has 0 heterocycles. The van der Waals surface area contributed by atoms with Crippen LogP contribution in [0.2, 0.25) is 10.0 Å². The van der Waals surface area contributed by atoms with Crippen LogP contribution in [0.15, 0.2) is 158 Å². The average Bonchev–Trinajstić information content (AvgIpc) is 3.00. The number of halogens is 2. The topological polar surface area (TPSA) is 6.48 Å². The maximum Gasteiger partial charge on any atom is 0.0476 e. The molecule has 40 heavy (non-hydrogen) atoms. The molecule has 0 aliphatic carbocycles. The largest absolute Gasteiger partial charge is 0.310 e. The first-order valence-electron chi connectivity index (χ1n) is 13.1. The maximum atomic E-state index is 6.35. The van der Waals surface area contributed by atoms with Crippen LogP contribution in [0.1, 0.15) is 0 Å². The Balaban J connectivity index is 1.32. The summed E-state index contributed by atoms with van der Waals surface area (Å²) in [6, 6.07) is 53.8. The molecule has 0 aliphatic heterocycles. The molecule has 0 spiro atoms. The Hall–Kier alpha value is -4.50. The van der Waals surface area contributed by atoms with Gasteiger partial charge in [-0.3, -0.25) is 0 Å². The predicted molar refractivity (Wildman–Crippen MR) is 171 cm³/mol. The van der Waals surface area contributed by atoms with Crippen molar-refractivity contribution in [2.75, 3.05) is 9.80 Å². The van der Waals surface area contributed by atoms with E-state index in [9.17, 15) is 0 Å². The lowest BCUT2D eigenvalue weighted by Crippen LogP contribution is -2.10. The van der Waals surface area contributed by atoms with Gasteiger partial charge in [0.05, 0.1) is 0 Å². The normalized spacial score (nSPS) is 10.8. The number of nitrogens with zero attached hydrogens (tertiary/aromatic N) is 2. The number of para-hydroxylation sites is 2. The van der Waals surface area contributed by atoms with Gasteiger partial charge in [0, 0.05) is 44.2 Å². The summed E-state index contributed by atoms with van der Waals surface area (Å²) in [6.07, 6.45) is 0. The molecule has 0 amide bonds. The lowest BCUT2D eigenvalue weighted by Gasteiger charge is -2.26. The molecule has 0 N–H and O–H groups in total. The molecule has 0 aliphatic rings. The van der Waals surface area contributed by atoms with E-state index in [0.717, 1.165) is 45.3 Å². The van der Waals surface area contributed by atoms with Crippen molar-refractivity contribution >= 4 is 57.3 Å². The van der Waals surface area contributed by atoms with Gasteiger partial charge in [0.2, 0.25) is 0 Å². The lowest BCUT2D eigenvalue weighted by atomic mass is 10.0. The SMILES string of the molecule is Clc1cccc(N(c2ccccc2)c2ccc(-c3ccc(N(c4ccccc4)c4cccc(Cl)c4)cc3)cc2)c1. The molecule has 2 nitrogen and oxygen atoms in total. The molecule has 6 aromatic carbocycles. The summed E-state index contributed by atoms with van der Waals surface area (Å²) in [6.45, 7) is 0. The predicted octanol–water partition coefficient (Wildman–Crippen LogP) is 11.6. The fourth-order valence-corrected chi connectivity index (χ4v) is 5.25. The van der Waals surface area contributed by atoms with E-state index in [1.165, 1.54) is 0 Å². The van der Waals surface area contributed by atoms with E-state index >= 15 is 0 Å². The van der Waals surface area contributed by atoms with Crippen LogP contribution in [-0.4, -0.2) is 0 Å². The van der Waals surface area contributed by atoms with Crippen molar-refractivity contribution < 1.29 is 0 Å². The van der Waals surface area contributed by atoms with E-state index < -0.39 is 0 Å². The van der Waals surface area contributed by atoms with Crippen LogP contribution in [0.25, 0.3) is 11.1 Å². The summed E-state index contributed by atoms with van der Waals surface area (Å²) in [5, 5.41) is 1.41. The summed E-state index contributed by atoms with van der Waals surface area (Å²) in [4.78, 5) is 4.42. The minimum absolute atomic E-state index is 0.706. The van der Waals surface area contributed by atoms with E-state index in [4.69, 9.17) is 23.2 Å². The first-order valence-corrected chi connectivity index (χ1v) is 13.8. The van der Waals surface area contributed by atoms with Gasteiger partial charge in [0.25, 0.3) is 0 Å². The van der Waals surface area contributed by atoms with Gasteiger partial charge in [0.1, 0.15) is 0 Å². The summed E-state index contributed by atoms with van der Waals surface area (Å²) in [7, 11) is 0. The Bertz CT molecular complexity index is 1570. The van der Waals surface area contributed by atoms with Gasteiger partial charge in [-0.25, -0.2) is 0 Å². The summed E-state index contributed by atoms with van der Waals surface area (Å²) in [5.74, 6) is 0. The van der Waals surface area contributed by atoms with Gasteiger partial charge in [-0.1, -0.05) is 96.0 Å². The van der Waals surface area contributed by atoms with Crippen LogP contribution in [0.5, 0.6) is 0 Å². The Morgan fingerprint density at radius 2 is 0.625 bits per heavy atom. The molecular weight excluding hydrogens is 531 g/mol. The summed E-state index contributed by atoms with van der Waals surface area (Å²) >= 11 is 12.7. The fourth-order valence-electron chi connectivity index (χ4n) is 4.88. The number of benzene rings is 6. The molecule has 0 saturated heterocycles. The minimum Gasteiger partial charge on any atom is -0.310 e. The first-order chi connectivity index (χ1) is 19.7. The van der Waals surface area contributed by atoms with Crippen LogP contribution in [0.4, 0.5) is 34.1 Å². The molecule has 194 valence electrons. The van der Waals surface area contributed by atoms with Gasteiger partial charge in [0.15, 0.2) is 0 Å². The molecule has 4 heteroatoms. The van der Waals surface area contributed by atoms with Crippen LogP contribution in [0.3, 0.4) is 0 Å². The fraction of sp³-hybridized carbons (Fsp3) is 0. The molecule has 0 radical (unpaired) electrons. The average molecular weight is 558 g/mol. The van der Waals surface area contributed by atoms with Crippen LogP contribution in [0, 0.1) is 0 Å². The van der Waals surface area contributed by atoms with Gasteiger partial charge < -0.3 is 9.80 Å². The highest BCUT2D eigenvalue weighted by atomic mass is 35.5. The monoisotopic (exact) mass is 556 g/mol. The lowest BCUT2D eigenvalue weighted by molar-refractivity contribution is 1.28. The third-order valence-corrected chi connectivity index (χ3v) is 7.22. The zero-order valence-electron chi connectivity index (χ0n) is 21.7. The van der Waals surface area contributed by atoms with Crippen molar-refractivity contribution in [3.8, 4) is 11.1 Å². The van der Waals surface area contributed by atoms with E-state index in [-0.39, 0.29) is 0 Å². The number of hydrogen-bond acceptors (Lipinski definition) is 2. The molecule has 6 rings (SSSR count). The molecule has 0 saturated carbocycles. The summed E-state index contributed by atoms with van der Waals surface area (Å²) < 4.78 is 0. The third kappa shape index (κ3) is 5.60. The van der Waals surface area contributed by atoms with Crippen molar-refractivity contribution in [1.82, 2.24) is 0 Å². The Morgan fingerprint density at radius 3 is 0.975 bits per heavy atom. The number of anilines is 6. The molecule has 0 aromatic heterocycles. The van der Waals surface area contributed by atoms with Crippen molar-refractivity contribution in [3.63, 3.8) is 0 Å². The van der Waals surface area contributed by atoms with Gasteiger partial charge in [-0.05, 0) is 96.1 Å². The molecule has 0 atom stereocenters. The highest BCUT2D eigenvalue weighted by Crippen LogP contribution is 2.38. The first kappa shape index (κ1) is 25.8. The van der Waals surface area contributed by atoms with E-state index in [1.807, 2.05) is 72.8 Å². The minimum atomic E-state index is 0.706. The van der Waals surface area contributed by atoms with Gasteiger partial charge in [-0.2, -0.15) is 0 Å². The molecule has 0 bridgehead atoms. The van der Waals surface area contributed by atoms with E-state index in [0.29, 0.717) is 10.0 Å². The zero-order valence-corrected chi connectivity index (χ0v) is 23.2. The zero-order chi connectivity index (χ0) is 27.3. The van der Waals surface area contributed by atoms with Crippen LogP contribution < -0.4 is 9.80 Å². The van der Waals surface area contributed by atoms with Crippen molar-refractivity contribution in [2.24, 2.45) is 0 Å². The van der Waals surface area contributed by atoms with Gasteiger partial charge in [-0.15, -0.1) is 0 Å². The van der Waals surface area contributed by atoms with Crippen LogP contribution in [-0.2, 0) is 0 Å². The molecule has 0 fully saturated rings. The van der Waals surface area contributed by atoms with Crippen molar-refractivity contribution in [3.05, 3.63) is 168 Å². The van der Waals surface area contributed by atoms with Crippen LogP contribution >= 0.6 is 23.2 Å². The number of hydrogen-bond donors (Lipinski definition) is 0. The Labute approximate surface area is 245 Å². The second-order valence-corrected chi connectivity index (χ2v) is 10.3. The standard InChI is InChI=1S/C36H26Cl2N2/c37-29-9-7-15-35(25-29)39(31-11-3-1-4-12-31)33-21-17-27(18-22-33)28-19-23-34(24-20-28)40(32-13-5-2-6-14-32)36-16-8-10-30(38)26-36/h1-26H. The van der Waals surface area contributed by atoms with E-state index in [1.54, 1.807) is 0 Å². The summed E-state index contributed by atoms with van der Waals surface area (Å²) in [5.41, 5.74) is 8.57. The number of rotatable bonds is 7. The smallest absolute Gasteiger partial charge is 0.0476 e. The molecule has 0 unspecified atom stereocenters. The Morgan fingerprint density at radius 1 is 0.300 bits per heavy atom. The quantitative estimate of drug-likeness (QED) is 0.193. The highest BCUT2D eigenvalue weighted by molar-refractivity contribution is 6.31. The van der Waals surface area contributed by atoms with Gasteiger partial charge >= 0.3 is 0 Å².